The Morgan fingerprint density at radius 2 is 1.60 bits per heavy atom. The number of aliphatic carboxylic acids is 2. The van der Waals surface area contributed by atoms with Crippen LogP contribution in [0.1, 0.15) is 0 Å². The molecular weight excluding hydrogens is 231 g/mol. The van der Waals surface area contributed by atoms with E-state index in [1.807, 2.05) is 0 Å². The highest BCUT2D eigenvalue weighted by atomic mass is 31.2. The van der Waals surface area contributed by atoms with Gasteiger partial charge in [-0.2, -0.15) is 0 Å². The van der Waals surface area contributed by atoms with Crippen LogP contribution in [0.3, 0.4) is 0 Å². The molecule has 7 N–H and O–H groups in total. The van der Waals surface area contributed by atoms with E-state index in [-0.39, 0.29) is 6.54 Å². The van der Waals surface area contributed by atoms with Gasteiger partial charge < -0.3 is 25.7 Å². The fourth-order valence-corrected chi connectivity index (χ4v) is 0.712. The van der Waals surface area contributed by atoms with Crippen molar-refractivity contribution in [2.24, 2.45) is 5.73 Å². The van der Waals surface area contributed by atoms with Crippen molar-refractivity contribution >= 4 is 19.5 Å². The number of hydrogen-bond acceptors (Lipinski definition) is 5. The molecule has 90 valence electrons. The van der Waals surface area contributed by atoms with Gasteiger partial charge in [-0.3, -0.25) is 19.5 Å². The van der Waals surface area contributed by atoms with Gasteiger partial charge in [-0.05, 0) is 0 Å². The average Bonchev–Trinajstić information content (AvgIpc) is 2.02. The zero-order valence-corrected chi connectivity index (χ0v) is 8.55. The number of rotatable bonds is 5. The first-order chi connectivity index (χ1) is 6.69. The minimum absolute atomic E-state index is 0.278. The van der Waals surface area contributed by atoms with Crippen molar-refractivity contribution in [2.45, 2.75) is 0 Å². The molecule has 15 heavy (non-hydrogen) atoms. The van der Waals surface area contributed by atoms with Gasteiger partial charge in [0.2, 0.25) is 0 Å². The molecular formula is C5H13N2O7P. The molecule has 0 aliphatic rings. The van der Waals surface area contributed by atoms with Gasteiger partial charge in [-0.15, -0.1) is 0 Å². The number of nitrogens with one attached hydrogen (secondary N) is 1. The van der Waals surface area contributed by atoms with Gasteiger partial charge in [0.05, 0.1) is 19.4 Å². The molecule has 0 aromatic heterocycles. The average molecular weight is 244 g/mol. The highest BCUT2D eigenvalue weighted by Gasteiger charge is 2.11. The molecule has 0 radical (unpaired) electrons. The first-order valence-electron chi connectivity index (χ1n) is 3.58. The lowest BCUT2D eigenvalue weighted by Gasteiger charge is -2.02. The van der Waals surface area contributed by atoms with Crippen molar-refractivity contribution < 1.29 is 34.2 Å². The summed E-state index contributed by atoms with van der Waals surface area (Å²) in [5.74, 6) is -2.11. The maximum Gasteiger partial charge on any atom is 0.339 e. The van der Waals surface area contributed by atoms with E-state index in [0.29, 0.717) is 0 Å². The second-order valence-corrected chi connectivity index (χ2v) is 3.89. The Balaban J connectivity index is 0. The second kappa shape index (κ2) is 8.33. The maximum atomic E-state index is 10.1. The van der Waals surface area contributed by atoms with E-state index in [1.54, 1.807) is 0 Å². The van der Waals surface area contributed by atoms with Gasteiger partial charge in [-0.1, -0.05) is 0 Å². The predicted molar refractivity (Wildman–Crippen MR) is 49.2 cm³/mol. The highest BCUT2D eigenvalue weighted by Crippen LogP contribution is 2.31. The zero-order valence-electron chi connectivity index (χ0n) is 7.66. The van der Waals surface area contributed by atoms with E-state index in [4.69, 9.17) is 20.0 Å². The van der Waals surface area contributed by atoms with E-state index in [9.17, 15) is 14.2 Å². The Labute approximate surface area is 85.1 Å². The summed E-state index contributed by atoms with van der Waals surface area (Å²) in [6.07, 6.45) is -0.598. The molecule has 0 unspecified atom stereocenters. The van der Waals surface area contributed by atoms with E-state index in [2.05, 4.69) is 11.1 Å². The van der Waals surface area contributed by atoms with Crippen LogP contribution in [0.5, 0.6) is 0 Å². The summed E-state index contributed by atoms with van der Waals surface area (Å²) in [4.78, 5) is 35.4. The van der Waals surface area contributed by atoms with E-state index in [0.717, 1.165) is 0 Å². The number of carboxylic acids is 2. The molecule has 0 fully saturated rings. The molecule has 0 rings (SSSR count). The molecule has 0 aromatic rings. The van der Waals surface area contributed by atoms with Gasteiger partial charge in [0.15, 0.2) is 0 Å². The number of carboxylic acid groups (broad SMARTS) is 2. The Morgan fingerprint density at radius 1 is 1.20 bits per heavy atom. The SMILES string of the molecule is NCC(=O)O.O=C(O)CNCP(=O)(O)O. The molecule has 0 bridgehead atoms. The molecule has 9 nitrogen and oxygen atoms in total. The molecule has 0 saturated carbocycles. The third-order valence-corrected chi connectivity index (χ3v) is 1.40. The zero-order chi connectivity index (χ0) is 12.5. The van der Waals surface area contributed by atoms with Gasteiger partial charge in [0.1, 0.15) is 0 Å². The molecule has 0 spiro atoms. The Bertz CT molecular complexity index is 250. The summed E-state index contributed by atoms with van der Waals surface area (Å²) in [7, 11) is -4.10. The van der Waals surface area contributed by atoms with Crippen LogP contribution in [0.25, 0.3) is 0 Å². The molecule has 0 atom stereocenters. The van der Waals surface area contributed by atoms with E-state index in [1.165, 1.54) is 0 Å². The standard InChI is InChI=1S/C3H8NO5P.C2H5NO2/c5-3(6)1-4-2-10(7,8)9;3-1-2(4)5/h4H,1-2H2,(H,5,6)(H2,7,8,9);1,3H2,(H,4,5). The third kappa shape index (κ3) is 24.6. The van der Waals surface area contributed by atoms with Crippen LogP contribution in [0, 0.1) is 0 Å². The van der Waals surface area contributed by atoms with Gasteiger partial charge in [0, 0.05) is 0 Å². The number of hydrogen-bond donors (Lipinski definition) is 6. The second-order valence-electron chi connectivity index (χ2n) is 2.24. The Kier molecular flexibility index (Phi) is 9.13. The van der Waals surface area contributed by atoms with E-state index >= 15 is 0 Å². The van der Waals surface area contributed by atoms with Crippen LogP contribution in [0.2, 0.25) is 0 Å². The molecule has 0 aromatic carbocycles. The van der Waals surface area contributed by atoms with Crippen molar-refractivity contribution in [3.63, 3.8) is 0 Å². The van der Waals surface area contributed by atoms with Crippen LogP contribution in [-0.4, -0.2) is 51.3 Å². The highest BCUT2D eigenvalue weighted by molar-refractivity contribution is 7.51. The summed E-state index contributed by atoms with van der Waals surface area (Å²) >= 11 is 0. The number of nitrogens with two attached hydrogens (primary N) is 1. The molecule has 0 saturated heterocycles. The maximum absolute atomic E-state index is 10.1. The predicted octanol–water partition coefficient (Wildman–Crippen LogP) is -2.17. The molecule has 0 aliphatic carbocycles. The first kappa shape index (κ1) is 16.4. The van der Waals surface area contributed by atoms with Crippen LogP contribution in [0.4, 0.5) is 0 Å². The monoisotopic (exact) mass is 244 g/mol. The molecule has 10 heteroatoms. The minimum atomic E-state index is -4.10. The summed E-state index contributed by atoms with van der Waals surface area (Å²) in [5.41, 5.74) is 4.57. The molecule has 0 heterocycles. The van der Waals surface area contributed by atoms with E-state index < -0.39 is 32.4 Å². The topological polar surface area (TPSA) is 170 Å². The van der Waals surface area contributed by atoms with Crippen LogP contribution >= 0.6 is 7.60 Å². The lowest BCUT2D eigenvalue weighted by atomic mass is 10.7. The minimum Gasteiger partial charge on any atom is -0.480 e. The van der Waals surface area contributed by atoms with Crippen LogP contribution in [-0.2, 0) is 14.2 Å². The Hall–Kier alpha value is -0.990. The normalized spacial score (nSPS) is 10.1. The first-order valence-corrected chi connectivity index (χ1v) is 5.37. The van der Waals surface area contributed by atoms with Crippen molar-refractivity contribution in [1.29, 1.82) is 0 Å². The van der Waals surface area contributed by atoms with Crippen molar-refractivity contribution in [1.82, 2.24) is 5.32 Å². The summed E-state index contributed by atoms with van der Waals surface area (Å²) in [5, 5.41) is 17.7. The largest absolute Gasteiger partial charge is 0.480 e. The quantitative estimate of drug-likeness (QED) is 0.294. The smallest absolute Gasteiger partial charge is 0.339 e. The van der Waals surface area contributed by atoms with Gasteiger partial charge >= 0.3 is 19.5 Å². The van der Waals surface area contributed by atoms with Gasteiger partial charge in [0.25, 0.3) is 0 Å². The lowest BCUT2D eigenvalue weighted by Crippen LogP contribution is -2.23. The molecule has 0 amide bonds. The molecule has 0 aliphatic heterocycles. The summed E-state index contributed by atoms with van der Waals surface area (Å²) < 4.78 is 10.1. The third-order valence-electron chi connectivity index (χ3n) is 0.769. The Morgan fingerprint density at radius 3 is 1.80 bits per heavy atom. The van der Waals surface area contributed by atoms with Crippen molar-refractivity contribution in [3.8, 4) is 0 Å². The fourth-order valence-electron chi connectivity index (χ4n) is 0.308. The van der Waals surface area contributed by atoms with Crippen LogP contribution < -0.4 is 11.1 Å². The van der Waals surface area contributed by atoms with Gasteiger partial charge in [-0.25, -0.2) is 0 Å². The fraction of sp³-hybridized carbons (Fsp3) is 0.600. The van der Waals surface area contributed by atoms with Crippen molar-refractivity contribution in [2.75, 3.05) is 19.4 Å². The van der Waals surface area contributed by atoms with Crippen molar-refractivity contribution in [3.05, 3.63) is 0 Å². The summed E-state index contributed by atoms with van der Waals surface area (Å²) in [6, 6.07) is 0. The van der Waals surface area contributed by atoms with Crippen LogP contribution in [0.15, 0.2) is 0 Å². The number of carbonyl (C=O) groups is 2. The lowest BCUT2D eigenvalue weighted by molar-refractivity contribution is -0.136. The summed E-state index contributed by atoms with van der Waals surface area (Å²) in [6.45, 7) is -0.717.